The van der Waals surface area contributed by atoms with Gasteiger partial charge in [0, 0.05) is 15.4 Å². The molecule has 0 saturated carbocycles. The van der Waals surface area contributed by atoms with E-state index in [0.29, 0.717) is 15.6 Å². The van der Waals surface area contributed by atoms with E-state index in [4.69, 9.17) is 11.6 Å². The van der Waals surface area contributed by atoms with Crippen molar-refractivity contribution in [3.63, 3.8) is 0 Å². The number of rotatable bonds is 3. The van der Waals surface area contributed by atoms with Crippen molar-refractivity contribution in [2.45, 2.75) is 6.92 Å². The van der Waals surface area contributed by atoms with Crippen LogP contribution in [0.1, 0.15) is 15.4 Å². The zero-order chi connectivity index (χ0) is 15.7. The Hall–Kier alpha value is -1.21. The Balaban J connectivity index is 1.86. The van der Waals surface area contributed by atoms with Crippen LogP contribution in [0.15, 0.2) is 39.5 Å². The van der Waals surface area contributed by atoms with Gasteiger partial charge in [-0.05, 0) is 36.6 Å². The van der Waals surface area contributed by atoms with Crippen molar-refractivity contribution in [1.29, 1.82) is 0 Å². The predicted molar refractivity (Wildman–Crippen MR) is 97.3 cm³/mol. The number of amides is 1. The highest BCUT2D eigenvalue weighted by Crippen LogP contribution is 2.31. The molecular formula is C15H10BrClN2OS2. The Kier molecular flexibility index (Phi) is 4.63. The van der Waals surface area contributed by atoms with Gasteiger partial charge in [-0.1, -0.05) is 27.5 Å². The van der Waals surface area contributed by atoms with E-state index in [1.54, 1.807) is 23.5 Å². The van der Waals surface area contributed by atoms with E-state index in [0.717, 1.165) is 20.7 Å². The number of aryl methyl sites for hydroxylation is 1. The molecule has 2 aromatic heterocycles. The highest BCUT2D eigenvalue weighted by Gasteiger charge is 2.17. The third-order valence-electron chi connectivity index (χ3n) is 2.95. The summed E-state index contributed by atoms with van der Waals surface area (Å²) in [7, 11) is 0. The number of benzene rings is 1. The summed E-state index contributed by atoms with van der Waals surface area (Å²) in [5, 5.41) is 8.19. The van der Waals surface area contributed by atoms with E-state index in [1.807, 2.05) is 29.8 Å². The van der Waals surface area contributed by atoms with Gasteiger partial charge in [-0.25, -0.2) is 4.98 Å². The molecule has 0 aliphatic carbocycles. The number of anilines is 1. The van der Waals surface area contributed by atoms with Gasteiger partial charge in [0.2, 0.25) is 0 Å². The minimum atomic E-state index is -0.194. The number of halogens is 2. The molecule has 1 amide bonds. The lowest BCUT2D eigenvalue weighted by molar-refractivity contribution is 0.103. The van der Waals surface area contributed by atoms with Gasteiger partial charge < -0.3 is 5.32 Å². The minimum Gasteiger partial charge on any atom is -0.320 e. The summed E-state index contributed by atoms with van der Waals surface area (Å²) in [4.78, 5) is 17.5. The molecule has 22 heavy (non-hydrogen) atoms. The van der Waals surface area contributed by atoms with Gasteiger partial charge in [0.25, 0.3) is 5.91 Å². The largest absolute Gasteiger partial charge is 0.320 e. The van der Waals surface area contributed by atoms with E-state index >= 15 is 0 Å². The number of nitrogens with one attached hydrogen (secondary N) is 1. The van der Waals surface area contributed by atoms with Crippen LogP contribution in [-0.4, -0.2) is 10.9 Å². The normalized spacial score (nSPS) is 10.7. The van der Waals surface area contributed by atoms with E-state index in [-0.39, 0.29) is 5.91 Å². The lowest BCUT2D eigenvalue weighted by Crippen LogP contribution is -2.11. The highest BCUT2D eigenvalue weighted by atomic mass is 79.9. The summed E-state index contributed by atoms with van der Waals surface area (Å²) >= 11 is 12.5. The maximum atomic E-state index is 12.4. The lowest BCUT2D eigenvalue weighted by Gasteiger charge is -2.06. The summed E-state index contributed by atoms with van der Waals surface area (Å²) in [6.45, 7) is 1.84. The topological polar surface area (TPSA) is 42.0 Å². The molecule has 3 rings (SSSR count). The number of hydrogen-bond acceptors (Lipinski definition) is 4. The first-order valence-electron chi connectivity index (χ1n) is 6.31. The molecule has 0 fully saturated rings. The number of aromatic nitrogens is 1. The van der Waals surface area contributed by atoms with Crippen LogP contribution < -0.4 is 5.32 Å². The molecule has 0 radical (unpaired) electrons. The van der Waals surface area contributed by atoms with Crippen LogP contribution in [0.4, 0.5) is 5.69 Å². The Morgan fingerprint density at radius 3 is 2.86 bits per heavy atom. The maximum absolute atomic E-state index is 12.4. The molecule has 0 aliphatic heterocycles. The summed E-state index contributed by atoms with van der Waals surface area (Å²) in [6.07, 6.45) is 0. The molecule has 0 aliphatic rings. The van der Waals surface area contributed by atoms with Gasteiger partial charge in [0.1, 0.15) is 9.88 Å². The minimum absolute atomic E-state index is 0.194. The van der Waals surface area contributed by atoms with Crippen LogP contribution in [0.2, 0.25) is 5.02 Å². The summed E-state index contributed by atoms with van der Waals surface area (Å²) in [5.41, 5.74) is 2.34. The Labute approximate surface area is 149 Å². The summed E-state index contributed by atoms with van der Waals surface area (Å²) < 4.78 is 0.865. The zero-order valence-electron chi connectivity index (χ0n) is 11.4. The van der Waals surface area contributed by atoms with E-state index in [9.17, 15) is 4.79 Å². The first-order chi connectivity index (χ1) is 10.5. The molecule has 2 heterocycles. The van der Waals surface area contributed by atoms with Crippen molar-refractivity contribution in [3.8, 4) is 10.6 Å². The second kappa shape index (κ2) is 6.50. The fraction of sp³-hybridized carbons (Fsp3) is 0.0667. The van der Waals surface area contributed by atoms with Crippen LogP contribution in [-0.2, 0) is 0 Å². The van der Waals surface area contributed by atoms with Gasteiger partial charge in [0.05, 0.1) is 16.4 Å². The Morgan fingerprint density at radius 2 is 2.18 bits per heavy atom. The summed E-state index contributed by atoms with van der Waals surface area (Å²) in [5.74, 6) is -0.194. The first kappa shape index (κ1) is 15.7. The average molecular weight is 414 g/mol. The second-order valence-electron chi connectivity index (χ2n) is 4.52. The number of carbonyl (C=O) groups excluding carboxylic acids is 1. The molecule has 1 aromatic carbocycles. The van der Waals surface area contributed by atoms with E-state index < -0.39 is 0 Å². The monoisotopic (exact) mass is 412 g/mol. The Morgan fingerprint density at radius 1 is 1.36 bits per heavy atom. The van der Waals surface area contributed by atoms with Crippen LogP contribution in [0.25, 0.3) is 10.6 Å². The zero-order valence-corrected chi connectivity index (χ0v) is 15.4. The standard InChI is InChI=1S/C15H10BrClN2OS2/c1-8-13(22-15(18-8)9-4-5-21-7-9)14(20)19-12-3-2-10(16)6-11(12)17/h2-7H,1H3,(H,19,20). The third-order valence-corrected chi connectivity index (χ3v) is 5.64. The highest BCUT2D eigenvalue weighted by molar-refractivity contribution is 9.10. The molecule has 0 spiro atoms. The van der Waals surface area contributed by atoms with Crippen molar-refractivity contribution in [2.24, 2.45) is 0 Å². The molecule has 0 bridgehead atoms. The molecule has 3 nitrogen and oxygen atoms in total. The van der Waals surface area contributed by atoms with Crippen LogP contribution in [0.5, 0.6) is 0 Å². The molecule has 0 unspecified atom stereocenters. The van der Waals surface area contributed by atoms with Crippen molar-refractivity contribution in [1.82, 2.24) is 4.98 Å². The Bertz CT molecular complexity index is 830. The summed E-state index contributed by atoms with van der Waals surface area (Å²) in [6, 6.07) is 7.34. The molecule has 0 saturated heterocycles. The number of nitrogens with zero attached hydrogens (tertiary/aromatic N) is 1. The first-order valence-corrected chi connectivity index (χ1v) is 9.24. The van der Waals surface area contributed by atoms with Crippen LogP contribution in [0, 0.1) is 6.92 Å². The number of thiophene rings is 1. The third kappa shape index (κ3) is 3.25. The van der Waals surface area contributed by atoms with Crippen molar-refractivity contribution in [3.05, 3.63) is 55.1 Å². The molecule has 0 atom stereocenters. The average Bonchev–Trinajstić information content (AvgIpc) is 3.10. The number of hydrogen-bond donors (Lipinski definition) is 1. The molecular weight excluding hydrogens is 404 g/mol. The molecule has 7 heteroatoms. The SMILES string of the molecule is Cc1nc(-c2ccsc2)sc1C(=O)Nc1ccc(Br)cc1Cl. The van der Waals surface area contributed by atoms with Gasteiger partial charge in [-0.15, -0.1) is 11.3 Å². The van der Waals surface area contributed by atoms with Crippen molar-refractivity contribution < 1.29 is 4.79 Å². The fourth-order valence-electron chi connectivity index (χ4n) is 1.89. The molecule has 1 N–H and O–H groups in total. The maximum Gasteiger partial charge on any atom is 0.267 e. The molecule has 3 aromatic rings. The van der Waals surface area contributed by atoms with Gasteiger partial charge in [-0.3, -0.25) is 4.79 Å². The quantitative estimate of drug-likeness (QED) is 0.585. The second-order valence-corrected chi connectivity index (χ2v) is 7.63. The van der Waals surface area contributed by atoms with E-state index in [1.165, 1.54) is 11.3 Å². The fourth-order valence-corrected chi connectivity index (χ4v) is 4.28. The van der Waals surface area contributed by atoms with Crippen LogP contribution >= 0.6 is 50.2 Å². The lowest BCUT2D eigenvalue weighted by atomic mass is 10.3. The van der Waals surface area contributed by atoms with Gasteiger partial charge >= 0.3 is 0 Å². The van der Waals surface area contributed by atoms with E-state index in [2.05, 4.69) is 26.2 Å². The smallest absolute Gasteiger partial charge is 0.267 e. The van der Waals surface area contributed by atoms with Gasteiger partial charge in [-0.2, -0.15) is 11.3 Å². The number of thiazole rings is 1. The predicted octanol–water partition coefficient (Wildman–Crippen LogP) is 5.85. The number of carbonyl (C=O) groups is 1. The van der Waals surface area contributed by atoms with Gasteiger partial charge in [0.15, 0.2) is 0 Å². The van der Waals surface area contributed by atoms with Crippen molar-refractivity contribution in [2.75, 3.05) is 5.32 Å². The van der Waals surface area contributed by atoms with Crippen molar-refractivity contribution >= 4 is 61.8 Å². The van der Waals surface area contributed by atoms with Crippen LogP contribution in [0.3, 0.4) is 0 Å². The molecule has 112 valence electrons.